The molecule has 2 aromatic heterocycles. The van der Waals surface area contributed by atoms with Crippen molar-refractivity contribution in [3.8, 4) is 5.69 Å². The van der Waals surface area contributed by atoms with E-state index in [0.717, 1.165) is 16.0 Å². The van der Waals surface area contributed by atoms with Crippen LogP contribution in [0.4, 0.5) is 13.2 Å². The van der Waals surface area contributed by atoms with Gasteiger partial charge in [0.2, 0.25) is 0 Å². The minimum absolute atomic E-state index is 0.496. The molecule has 2 rings (SSSR count). The molecule has 7 heteroatoms. The summed E-state index contributed by atoms with van der Waals surface area (Å²) in [5, 5.41) is 4.05. The fraction of sp³-hybridized carbons (Fsp3) is 0.111. The van der Waals surface area contributed by atoms with Gasteiger partial charge >= 0.3 is 6.18 Å². The zero-order valence-corrected chi connectivity index (χ0v) is 9.90. The van der Waals surface area contributed by atoms with Crippen molar-refractivity contribution in [2.45, 2.75) is 6.18 Å². The van der Waals surface area contributed by atoms with Crippen molar-refractivity contribution < 1.29 is 13.2 Å². The average Bonchev–Trinajstić information content (AvgIpc) is 2.64. The second-order valence-electron chi connectivity index (χ2n) is 2.98. The largest absolute Gasteiger partial charge is 0.433 e. The lowest BCUT2D eigenvalue weighted by Gasteiger charge is -2.06. The number of hydrogen-bond acceptors (Lipinski definition) is 2. The summed E-state index contributed by atoms with van der Waals surface area (Å²) in [7, 11) is 0. The Morgan fingerprint density at radius 1 is 1.19 bits per heavy atom. The number of aromatic nitrogens is 3. The van der Waals surface area contributed by atoms with Crippen LogP contribution in [-0.2, 0) is 6.18 Å². The Balaban J connectivity index is 2.33. The first-order chi connectivity index (χ1) is 7.47. The van der Waals surface area contributed by atoms with Crippen LogP contribution in [0.25, 0.3) is 5.69 Å². The zero-order valence-electron chi connectivity index (χ0n) is 7.74. The van der Waals surface area contributed by atoms with E-state index in [9.17, 15) is 13.2 Å². The molecule has 0 saturated carbocycles. The standard InChI is InChI=1S/C9H5F3IN3/c10-9(11,12)7-2-1-6(5-14-7)16-4-3-8(13)15-16/h1-5H. The number of pyridine rings is 1. The maximum absolute atomic E-state index is 12.2. The van der Waals surface area contributed by atoms with E-state index in [1.54, 1.807) is 12.3 Å². The van der Waals surface area contributed by atoms with Gasteiger partial charge in [0.25, 0.3) is 0 Å². The molecule has 84 valence electrons. The fourth-order valence-electron chi connectivity index (χ4n) is 1.13. The van der Waals surface area contributed by atoms with Crippen LogP contribution in [-0.4, -0.2) is 14.8 Å². The van der Waals surface area contributed by atoms with Gasteiger partial charge in [-0.2, -0.15) is 18.3 Å². The molecule has 0 fully saturated rings. The first-order valence-electron chi connectivity index (χ1n) is 4.21. The normalized spacial score (nSPS) is 11.8. The lowest BCUT2D eigenvalue weighted by molar-refractivity contribution is -0.141. The highest BCUT2D eigenvalue weighted by Crippen LogP contribution is 2.27. The van der Waals surface area contributed by atoms with Crippen LogP contribution in [0.1, 0.15) is 5.69 Å². The topological polar surface area (TPSA) is 30.7 Å². The molecule has 0 atom stereocenters. The lowest BCUT2D eigenvalue weighted by Crippen LogP contribution is -2.08. The molecular weight excluding hydrogens is 334 g/mol. The molecule has 0 spiro atoms. The monoisotopic (exact) mass is 339 g/mol. The molecule has 3 nitrogen and oxygen atoms in total. The molecule has 2 aromatic rings. The second kappa shape index (κ2) is 4.04. The molecule has 16 heavy (non-hydrogen) atoms. The Bertz CT molecular complexity index is 489. The molecule has 0 aliphatic rings. The van der Waals surface area contributed by atoms with E-state index in [2.05, 4.69) is 10.1 Å². The van der Waals surface area contributed by atoms with Gasteiger partial charge in [0.1, 0.15) is 9.39 Å². The molecule has 0 saturated heterocycles. The van der Waals surface area contributed by atoms with Gasteiger partial charge in [-0.15, -0.1) is 0 Å². The van der Waals surface area contributed by atoms with Crippen molar-refractivity contribution in [3.63, 3.8) is 0 Å². The summed E-state index contributed by atoms with van der Waals surface area (Å²) in [6.45, 7) is 0. The Hall–Kier alpha value is -1.12. The van der Waals surface area contributed by atoms with Gasteiger partial charge < -0.3 is 0 Å². The summed E-state index contributed by atoms with van der Waals surface area (Å²) < 4.78 is 38.9. The van der Waals surface area contributed by atoms with Crippen LogP contribution in [0.3, 0.4) is 0 Å². The van der Waals surface area contributed by atoms with Crippen LogP contribution >= 0.6 is 22.6 Å². The van der Waals surface area contributed by atoms with Gasteiger partial charge in [0.15, 0.2) is 0 Å². The third-order valence-electron chi connectivity index (χ3n) is 1.86. The van der Waals surface area contributed by atoms with Crippen molar-refractivity contribution in [1.29, 1.82) is 0 Å². The SMILES string of the molecule is FC(F)(F)c1ccc(-n2ccc(I)n2)cn1. The number of nitrogens with zero attached hydrogens (tertiary/aromatic N) is 3. The highest BCUT2D eigenvalue weighted by molar-refractivity contribution is 14.1. The molecule has 0 amide bonds. The van der Waals surface area contributed by atoms with Crippen molar-refractivity contribution >= 4 is 22.6 Å². The van der Waals surface area contributed by atoms with E-state index in [1.807, 2.05) is 22.6 Å². The average molecular weight is 339 g/mol. The van der Waals surface area contributed by atoms with Crippen LogP contribution in [0.2, 0.25) is 0 Å². The highest BCUT2D eigenvalue weighted by Gasteiger charge is 2.32. The maximum atomic E-state index is 12.2. The van der Waals surface area contributed by atoms with Gasteiger partial charge in [0, 0.05) is 6.20 Å². The number of halogens is 4. The van der Waals surface area contributed by atoms with Crippen LogP contribution < -0.4 is 0 Å². The van der Waals surface area contributed by atoms with E-state index in [0.29, 0.717) is 5.69 Å². The molecule has 0 aliphatic carbocycles. The Labute approximate surface area is 102 Å². The Kier molecular flexibility index (Phi) is 2.87. The Morgan fingerprint density at radius 2 is 1.94 bits per heavy atom. The zero-order chi connectivity index (χ0) is 11.8. The van der Waals surface area contributed by atoms with Crippen LogP contribution in [0.15, 0.2) is 30.6 Å². The molecule has 0 unspecified atom stereocenters. The number of alkyl halides is 3. The maximum Gasteiger partial charge on any atom is 0.433 e. The van der Waals surface area contributed by atoms with Crippen molar-refractivity contribution in [3.05, 3.63) is 40.0 Å². The third kappa shape index (κ3) is 2.34. The van der Waals surface area contributed by atoms with Crippen molar-refractivity contribution in [2.24, 2.45) is 0 Å². The number of hydrogen-bond donors (Lipinski definition) is 0. The van der Waals surface area contributed by atoms with Crippen LogP contribution in [0, 0.1) is 3.70 Å². The summed E-state index contributed by atoms with van der Waals surface area (Å²) in [6, 6.07) is 4.01. The van der Waals surface area contributed by atoms with Crippen LogP contribution in [0.5, 0.6) is 0 Å². The van der Waals surface area contributed by atoms with Crippen molar-refractivity contribution in [1.82, 2.24) is 14.8 Å². The van der Waals surface area contributed by atoms with Gasteiger partial charge in [-0.25, -0.2) is 9.67 Å². The van der Waals surface area contributed by atoms with E-state index in [4.69, 9.17) is 0 Å². The molecule has 0 aromatic carbocycles. The van der Waals surface area contributed by atoms with Gasteiger partial charge in [-0.1, -0.05) is 0 Å². The third-order valence-corrected chi connectivity index (χ3v) is 2.43. The van der Waals surface area contributed by atoms with Gasteiger partial charge in [-0.3, -0.25) is 0 Å². The molecule has 2 heterocycles. The quantitative estimate of drug-likeness (QED) is 0.748. The van der Waals surface area contributed by atoms with E-state index >= 15 is 0 Å². The molecular formula is C9H5F3IN3. The molecule has 0 N–H and O–H groups in total. The van der Waals surface area contributed by atoms with Crippen molar-refractivity contribution in [2.75, 3.05) is 0 Å². The summed E-state index contributed by atoms with van der Waals surface area (Å²) in [5.41, 5.74) is -0.408. The summed E-state index contributed by atoms with van der Waals surface area (Å²) in [6.07, 6.45) is -1.60. The van der Waals surface area contributed by atoms with Gasteiger partial charge in [-0.05, 0) is 40.8 Å². The molecule has 0 bridgehead atoms. The minimum Gasteiger partial charge on any atom is -0.250 e. The second-order valence-corrected chi connectivity index (χ2v) is 4.09. The summed E-state index contributed by atoms with van der Waals surface area (Å²) in [4.78, 5) is 3.35. The Morgan fingerprint density at radius 3 is 2.38 bits per heavy atom. The van der Waals surface area contributed by atoms with E-state index in [1.165, 1.54) is 10.7 Å². The predicted octanol–water partition coefficient (Wildman–Crippen LogP) is 2.89. The highest BCUT2D eigenvalue weighted by atomic mass is 127. The minimum atomic E-state index is -4.41. The van der Waals surface area contributed by atoms with E-state index in [-0.39, 0.29) is 0 Å². The van der Waals surface area contributed by atoms with E-state index < -0.39 is 11.9 Å². The summed E-state index contributed by atoms with van der Waals surface area (Å²) in [5.74, 6) is 0. The first kappa shape index (κ1) is 11.4. The summed E-state index contributed by atoms with van der Waals surface area (Å²) >= 11 is 2.01. The number of rotatable bonds is 1. The molecule has 0 aliphatic heterocycles. The smallest absolute Gasteiger partial charge is 0.250 e. The first-order valence-corrected chi connectivity index (χ1v) is 5.29. The predicted molar refractivity (Wildman–Crippen MR) is 59.1 cm³/mol. The molecule has 0 radical (unpaired) electrons. The lowest BCUT2D eigenvalue weighted by atomic mass is 10.3. The fourth-order valence-corrected chi connectivity index (χ4v) is 1.53. The van der Waals surface area contributed by atoms with Gasteiger partial charge in [0.05, 0.1) is 11.9 Å².